The van der Waals surface area contributed by atoms with Crippen LogP contribution in [0.5, 0.6) is 0 Å². The Morgan fingerprint density at radius 2 is 2.07 bits per heavy atom. The first-order chi connectivity index (χ1) is 13.1. The molecule has 7 atom stereocenters. The van der Waals surface area contributed by atoms with Crippen LogP contribution in [0.25, 0.3) is 0 Å². The van der Waals surface area contributed by atoms with Gasteiger partial charge in [0.15, 0.2) is 0 Å². The van der Waals surface area contributed by atoms with Crippen LogP contribution >= 0.6 is 0 Å². The van der Waals surface area contributed by atoms with Crippen molar-refractivity contribution in [1.82, 2.24) is 0 Å². The van der Waals surface area contributed by atoms with Crippen LogP contribution in [0.2, 0.25) is 0 Å². The van der Waals surface area contributed by atoms with Crippen molar-refractivity contribution in [3.63, 3.8) is 0 Å². The summed E-state index contributed by atoms with van der Waals surface area (Å²) in [7, 11) is 0. The van der Waals surface area contributed by atoms with E-state index >= 15 is 0 Å². The highest BCUT2D eigenvalue weighted by Gasteiger charge is 2.74. The Bertz CT molecular complexity index is 741. The lowest BCUT2D eigenvalue weighted by atomic mass is 9.44. The van der Waals surface area contributed by atoms with Crippen molar-refractivity contribution in [1.29, 1.82) is 0 Å². The van der Waals surface area contributed by atoms with Gasteiger partial charge in [-0.3, -0.25) is 9.59 Å². The highest BCUT2D eigenvalue weighted by atomic mass is 16.6. The van der Waals surface area contributed by atoms with E-state index in [-0.39, 0.29) is 23.9 Å². The molecule has 6 nitrogen and oxygen atoms in total. The summed E-state index contributed by atoms with van der Waals surface area (Å²) in [5.74, 6) is -1.74. The lowest BCUT2D eigenvalue weighted by Gasteiger charge is -2.62. The molecule has 4 fully saturated rings. The number of hydrogen-bond acceptors (Lipinski definition) is 6. The number of ether oxygens (including phenoxy) is 2. The second kappa shape index (κ2) is 6.15. The number of aliphatic hydroxyl groups excluding tert-OH is 1. The van der Waals surface area contributed by atoms with Gasteiger partial charge in [0.05, 0.1) is 12.7 Å². The zero-order valence-electron chi connectivity index (χ0n) is 16.9. The van der Waals surface area contributed by atoms with E-state index in [1.54, 1.807) is 0 Å². The van der Waals surface area contributed by atoms with E-state index in [4.69, 9.17) is 9.47 Å². The highest BCUT2D eigenvalue weighted by molar-refractivity contribution is 5.82. The predicted molar refractivity (Wildman–Crippen MR) is 99.9 cm³/mol. The van der Waals surface area contributed by atoms with Crippen molar-refractivity contribution in [2.75, 3.05) is 6.61 Å². The maximum atomic E-state index is 13.1. The monoisotopic (exact) mass is 390 g/mol. The minimum absolute atomic E-state index is 0.0930. The van der Waals surface area contributed by atoms with Crippen molar-refractivity contribution < 1.29 is 29.0 Å². The third kappa shape index (κ3) is 2.33. The number of fused-ring (bicyclic) bond motifs is 2. The van der Waals surface area contributed by atoms with Crippen molar-refractivity contribution in [3.05, 3.63) is 12.2 Å². The van der Waals surface area contributed by atoms with Crippen LogP contribution in [0.4, 0.5) is 0 Å². The maximum Gasteiger partial charge on any atom is 0.315 e. The van der Waals surface area contributed by atoms with Crippen LogP contribution in [0.3, 0.4) is 0 Å². The third-order valence-corrected chi connectivity index (χ3v) is 8.24. The van der Waals surface area contributed by atoms with E-state index < -0.39 is 40.9 Å². The SMILES string of the molecule is C=C1C2CC(OC(C)=O)C3C4(CCCC(C)(C)C4C=O)COC(=O)C3(C2)C1O. The van der Waals surface area contributed by atoms with E-state index in [0.717, 1.165) is 19.1 Å². The number of carbonyl (C=O) groups is 3. The van der Waals surface area contributed by atoms with E-state index in [1.165, 1.54) is 6.92 Å². The molecule has 2 spiro atoms. The third-order valence-electron chi connectivity index (χ3n) is 8.24. The summed E-state index contributed by atoms with van der Waals surface area (Å²) in [4.78, 5) is 37.4. The number of aldehydes is 1. The normalized spacial score (nSPS) is 46.6. The molecule has 6 heteroatoms. The number of hydrogen-bond donors (Lipinski definition) is 1. The smallest absolute Gasteiger partial charge is 0.315 e. The van der Waals surface area contributed by atoms with Crippen LogP contribution in [0.15, 0.2) is 12.2 Å². The molecule has 7 unspecified atom stereocenters. The molecule has 0 amide bonds. The van der Waals surface area contributed by atoms with Gasteiger partial charge in [0.2, 0.25) is 0 Å². The second-order valence-electron chi connectivity index (χ2n) is 10.0. The zero-order valence-corrected chi connectivity index (χ0v) is 16.9. The van der Waals surface area contributed by atoms with Crippen LogP contribution in [0, 0.1) is 34.0 Å². The van der Waals surface area contributed by atoms with Gasteiger partial charge in [0, 0.05) is 24.2 Å². The van der Waals surface area contributed by atoms with Crippen molar-refractivity contribution >= 4 is 18.2 Å². The quantitative estimate of drug-likeness (QED) is 0.442. The lowest BCUT2D eigenvalue weighted by Crippen LogP contribution is -2.67. The van der Waals surface area contributed by atoms with Crippen molar-refractivity contribution in [2.45, 2.75) is 65.1 Å². The molecule has 1 heterocycles. The molecule has 3 saturated carbocycles. The number of carbonyl (C=O) groups excluding carboxylic acids is 3. The van der Waals surface area contributed by atoms with Gasteiger partial charge < -0.3 is 19.4 Å². The lowest BCUT2D eigenvalue weighted by molar-refractivity contribution is -0.242. The Kier molecular flexibility index (Phi) is 4.31. The summed E-state index contributed by atoms with van der Waals surface area (Å²) in [6.45, 7) is 9.69. The molecule has 1 N–H and O–H groups in total. The molecule has 1 aliphatic heterocycles. The Balaban J connectivity index is 1.92. The van der Waals surface area contributed by atoms with Gasteiger partial charge in [-0.1, -0.05) is 26.8 Å². The molecule has 1 saturated heterocycles. The Labute approximate surface area is 165 Å². The summed E-state index contributed by atoms with van der Waals surface area (Å²) in [5.41, 5.74) is -1.48. The molecule has 4 rings (SSSR count). The first kappa shape index (κ1) is 19.6. The fourth-order valence-electron chi connectivity index (χ4n) is 7.24. The molecule has 0 aromatic heterocycles. The van der Waals surface area contributed by atoms with Crippen LogP contribution < -0.4 is 0 Å². The van der Waals surface area contributed by atoms with Gasteiger partial charge >= 0.3 is 11.9 Å². The number of esters is 2. The molecule has 0 aromatic rings. The van der Waals surface area contributed by atoms with Gasteiger partial charge in [-0.15, -0.1) is 0 Å². The second-order valence-corrected chi connectivity index (χ2v) is 10.0. The molecular weight excluding hydrogens is 360 g/mol. The van der Waals surface area contributed by atoms with Crippen molar-refractivity contribution in [3.8, 4) is 0 Å². The molecule has 4 aliphatic rings. The summed E-state index contributed by atoms with van der Waals surface area (Å²) >= 11 is 0. The number of aliphatic hydroxyl groups is 1. The minimum Gasteiger partial charge on any atom is -0.465 e. The molecule has 2 bridgehead atoms. The fraction of sp³-hybridized carbons (Fsp3) is 0.773. The summed E-state index contributed by atoms with van der Waals surface area (Å²) in [5, 5.41) is 11.1. The topological polar surface area (TPSA) is 89.9 Å². The Hall–Kier alpha value is -1.69. The van der Waals surface area contributed by atoms with E-state index in [1.807, 2.05) is 0 Å². The standard InChI is InChI=1S/C22H30O6/c1-12-14-8-15(28-13(2)24)17-21(7-5-6-20(3,4)16(21)10-23)11-27-19(26)22(17,9-14)18(12)25/h10,14-18,25H,1,5-9,11H2,2-4H3. The van der Waals surface area contributed by atoms with Gasteiger partial charge in [-0.25, -0.2) is 0 Å². The van der Waals surface area contributed by atoms with Gasteiger partial charge in [0.25, 0.3) is 0 Å². The van der Waals surface area contributed by atoms with Crippen LogP contribution in [0.1, 0.15) is 52.9 Å². The van der Waals surface area contributed by atoms with Gasteiger partial charge in [-0.05, 0) is 42.6 Å². The van der Waals surface area contributed by atoms with Crippen LogP contribution in [-0.4, -0.2) is 42.1 Å². The predicted octanol–water partition coefficient (Wildman–Crippen LogP) is 2.43. The van der Waals surface area contributed by atoms with E-state index in [0.29, 0.717) is 24.8 Å². The number of rotatable bonds is 2. The molecular formula is C22H30O6. The molecule has 0 radical (unpaired) electrons. The fourth-order valence-corrected chi connectivity index (χ4v) is 7.24. The Morgan fingerprint density at radius 3 is 2.71 bits per heavy atom. The summed E-state index contributed by atoms with van der Waals surface area (Å²) in [6.07, 6.45) is 2.92. The van der Waals surface area contributed by atoms with Crippen LogP contribution in [-0.2, 0) is 23.9 Å². The molecule has 28 heavy (non-hydrogen) atoms. The van der Waals surface area contributed by atoms with Gasteiger partial charge in [0.1, 0.15) is 17.8 Å². The Morgan fingerprint density at radius 1 is 1.36 bits per heavy atom. The summed E-state index contributed by atoms with van der Waals surface area (Å²) < 4.78 is 11.5. The molecule has 154 valence electrons. The van der Waals surface area contributed by atoms with E-state index in [9.17, 15) is 19.5 Å². The molecule has 3 aliphatic carbocycles. The summed E-state index contributed by atoms with van der Waals surface area (Å²) in [6, 6.07) is 0. The number of cyclic esters (lactones) is 1. The van der Waals surface area contributed by atoms with Gasteiger partial charge in [-0.2, -0.15) is 0 Å². The maximum absolute atomic E-state index is 13.1. The first-order valence-corrected chi connectivity index (χ1v) is 10.3. The first-order valence-electron chi connectivity index (χ1n) is 10.3. The highest BCUT2D eigenvalue weighted by Crippen LogP contribution is 2.69. The average Bonchev–Trinajstić information content (AvgIpc) is 2.80. The average molecular weight is 390 g/mol. The van der Waals surface area contributed by atoms with Crippen molar-refractivity contribution in [2.24, 2.45) is 34.0 Å². The minimum atomic E-state index is -1.19. The van der Waals surface area contributed by atoms with E-state index in [2.05, 4.69) is 20.4 Å². The zero-order chi connectivity index (χ0) is 20.5. The largest absolute Gasteiger partial charge is 0.465 e. The molecule has 0 aromatic carbocycles.